The molecule has 136 valence electrons. The van der Waals surface area contributed by atoms with Crippen molar-refractivity contribution in [3.8, 4) is 0 Å². The number of carbonyl (C=O) groups excluding carboxylic acids is 2. The largest absolute Gasteiger partial charge is 0.348 e. The average Bonchev–Trinajstić information content (AvgIpc) is 3.30. The standard InChI is InChI=1S/C19H23N5O2/c25-16-3-1-10-23(16)11-2-4-17(26)24-12-7-15-18(22-13-21-15)19(24)14-5-8-20-9-6-14/h5-6,8-9,13,19H,1-4,7,10-12H2,(H,21,22)/t19-/m1/s1. The van der Waals surface area contributed by atoms with Gasteiger partial charge in [-0.15, -0.1) is 0 Å². The van der Waals surface area contributed by atoms with E-state index in [1.165, 1.54) is 0 Å². The Morgan fingerprint density at radius 2 is 2.08 bits per heavy atom. The smallest absolute Gasteiger partial charge is 0.223 e. The number of hydrogen-bond acceptors (Lipinski definition) is 4. The third-order valence-electron chi connectivity index (χ3n) is 5.26. The number of carbonyl (C=O) groups is 2. The molecule has 4 heterocycles. The van der Waals surface area contributed by atoms with Gasteiger partial charge in [-0.3, -0.25) is 14.6 Å². The van der Waals surface area contributed by atoms with Crippen molar-refractivity contribution in [3.63, 3.8) is 0 Å². The molecule has 0 saturated carbocycles. The van der Waals surface area contributed by atoms with E-state index in [0.717, 1.165) is 36.3 Å². The van der Waals surface area contributed by atoms with E-state index < -0.39 is 0 Å². The van der Waals surface area contributed by atoms with Crippen LogP contribution >= 0.6 is 0 Å². The molecule has 0 bridgehead atoms. The fourth-order valence-electron chi connectivity index (χ4n) is 3.93. The lowest BCUT2D eigenvalue weighted by Gasteiger charge is -2.35. The number of nitrogens with one attached hydrogen (secondary N) is 1. The Morgan fingerprint density at radius 1 is 1.23 bits per heavy atom. The van der Waals surface area contributed by atoms with Crippen LogP contribution in [0, 0.1) is 0 Å². The van der Waals surface area contributed by atoms with Crippen molar-refractivity contribution >= 4 is 11.8 Å². The molecule has 4 rings (SSSR count). The Kier molecular flexibility index (Phi) is 4.69. The zero-order chi connectivity index (χ0) is 17.9. The first kappa shape index (κ1) is 16.8. The highest BCUT2D eigenvalue weighted by atomic mass is 16.2. The van der Waals surface area contributed by atoms with Crippen LogP contribution in [-0.4, -0.2) is 56.2 Å². The molecule has 1 fully saturated rings. The maximum atomic E-state index is 12.9. The minimum atomic E-state index is -0.172. The third-order valence-corrected chi connectivity index (χ3v) is 5.26. The molecule has 2 aliphatic heterocycles. The number of aromatic nitrogens is 3. The van der Waals surface area contributed by atoms with Gasteiger partial charge < -0.3 is 14.8 Å². The summed E-state index contributed by atoms with van der Waals surface area (Å²) in [5.74, 6) is 0.332. The second kappa shape index (κ2) is 7.27. The number of hydrogen-bond donors (Lipinski definition) is 1. The van der Waals surface area contributed by atoms with E-state index in [0.29, 0.717) is 32.4 Å². The van der Waals surface area contributed by atoms with Gasteiger partial charge in [0.25, 0.3) is 0 Å². The minimum Gasteiger partial charge on any atom is -0.348 e. The molecule has 1 atom stereocenters. The van der Waals surface area contributed by atoms with Crippen LogP contribution in [0.5, 0.6) is 0 Å². The van der Waals surface area contributed by atoms with Crippen molar-refractivity contribution in [1.29, 1.82) is 0 Å². The Labute approximate surface area is 152 Å². The van der Waals surface area contributed by atoms with E-state index in [4.69, 9.17) is 0 Å². The summed E-state index contributed by atoms with van der Waals surface area (Å²) in [6.07, 6.45) is 8.72. The van der Waals surface area contributed by atoms with E-state index >= 15 is 0 Å². The van der Waals surface area contributed by atoms with Gasteiger partial charge in [-0.05, 0) is 30.5 Å². The van der Waals surface area contributed by atoms with Crippen molar-refractivity contribution in [2.75, 3.05) is 19.6 Å². The van der Waals surface area contributed by atoms with Crippen molar-refractivity contribution in [2.45, 2.75) is 38.1 Å². The predicted octanol–water partition coefficient (Wildman–Crippen LogP) is 1.68. The summed E-state index contributed by atoms with van der Waals surface area (Å²) in [4.78, 5) is 40.2. The third kappa shape index (κ3) is 3.21. The summed E-state index contributed by atoms with van der Waals surface area (Å²) in [5, 5.41) is 0. The van der Waals surface area contributed by atoms with Crippen molar-refractivity contribution in [3.05, 3.63) is 47.8 Å². The first-order valence-corrected chi connectivity index (χ1v) is 9.23. The molecule has 0 spiro atoms. The van der Waals surface area contributed by atoms with Gasteiger partial charge in [-0.2, -0.15) is 0 Å². The molecule has 26 heavy (non-hydrogen) atoms. The fraction of sp³-hybridized carbons (Fsp3) is 0.474. The summed E-state index contributed by atoms with van der Waals surface area (Å²) >= 11 is 0. The van der Waals surface area contributed by atoms with E-state index in [2.05, 4.69) is 15.0 Å². The van der Waals surface area contributed by atoms with Crippen LogP contribution in [0.1, 0.15) is 48.7 Å². The highest BCUT2D eigenvalue weighted by Crippen LogP contribution is 2.33. The fourth-order valence-corrected chi connectivity index (χ4v) is 3.93. The summed E-state index contributed by atoms with van der Waals surface area (Å²) < 4.78 is 0. The Bertz CT molecular complexity index is 788. The lowest BCUT2D eigenvalue weighted by atomic mass is 9.96. The first-order valence-electron chi connectivity index (χ1n) is 9.23. The number of aromatic amines is 1. The number of pyridine rings is 1. The molecule has 0 aliphatic carbocycles. The van der Waals surface area contributed by atoms with Crippen LogP contribution in [-0.2, 0) is 16.0 Å². The molecule has 1 N–H and O–H groups in total. The quantitative estimate of drug-likeness (QED) is 0.887. The maximum absolute atomic E-state index is 12.9. The number of likely N-dealkylation sites (tertiary alicyclic amines) is 1. The van der Waals surface area contributed by atoms with Gasteiger partial charge in [0.2, 0.25) is 11.8 Å². The number of H-pyrrole nitrogens is 1. The Balaban J connectivity index is 1.47. The van der Waals surface area contributed by atoms with Crippen LogP contribution in [0.15, 0.2) is 30.9 Å². The summed E-state index contributed by atoms with van der Waals surface area (Å²) in [5.41, 5.74) is 3.04. The van der Waals surface area contributed by atoms with E-state index in [1.54, 1.807) is 18.7 Å². The summed E-state index contributed by atoms with van der Waals surface area (Å²) in [6, 6.07) is 3.71. The van der Waals surface area contributed by atoms with E-state index in [-0.39, 0.29) is 17.9 Å². The topological polar surface area (TPSA) is 82.2 Å². The van der Waals surface area contributed by atoms with Gasteiger partial charge in [-0.1, -0.05) is 0 Å². The van der Waals surface area contributed by atoms with Gasteiger partial charge in [0.1, 0.15) is 6.04 Å². The van der Waals surface area contributed by atoms with Gasteiger partial charge >= 0.3 is 0 Å². The molecule has 2 aromatic rings. The molecule has 7 heteroatoms. The van der Waals surface area contributed by atoms with Crippen LogP contribution in [0.2, 0.25) is 0 Å². The highest BCUT2D eigenvalue weighted by molar-refractivity contribution is 5.79. The van der Waals surface area contributed by atoms with Gasteiger partial charge in [0.15, 0.2) is 0 Å². The number of fused-ring (bicyclic) bond motifs is 1. The Hall–Kier alpha value is -2.70. The first-order chi connectivity index (χ1) is 12.7. The van der Waals surface area contributed by atoms with Crippen LogP contribution < -0.4 is 0 Å². The molecule has 7 nitrogen and oxygen atoms in total. The molecule has 1 saturated heterocycles. The van der Waals surface area contributed by atoms with Crippen molar-refractivity contribution in [1.82, 2.24) is 24.8 Å². The number of amides is 2. The molecule has 0 unspecified atom stereocenters. The lowest BCUT2D eigenvalue weighted by molar-refractivity contribution is -0.134. The molecular formula is C19H23N5O2. The zero-order valence-corrected chi connectivity index (χ0v) is 14.7. The van der Waals surface area contributed by atoms with E-state index in [1.807, 2.05) is 21.9 Å². The predicted molar refractivity (Wildman–Crippen MR) is 95.1 cm³/mol. The average molecular weight is 353 g/mol. The summed E-state index contributed by atoms with van der Waals surface area (Å²) in [7, 11) is 0. The number of imidazole rings is 1. The zero-order valence-electron chi connectivity index (χ0n) is 14.7. The maximum Gasteiger partial charge on any atom is 0.223 e. The molecule has 0 aromatic carbocycles. The van der Waals surface area contributed by atoms with Crippen LogP contribution in [0.4, 0.5) is 0 Å². The molecule has 0 radical (unpaired) electrons. The summed E-state index contributed by atoms with van der Waals surface area (Å²) in [6.45, 7) is 2.17. The molecular weight excluding hydrogens is 330 g/mol. The van der Waals surface area contributed by atoms with E-state index in [9.17, 15) is 9.59 Å². The molecule has 2 aliphatic rings. The highest BCUT2D eigenvalue weighted by Gasteiger charge is 2.33. The van der Waals surface area contributed by atoms with Gasteiger partial charge in [-0.25, -0.2) is 4.98 Å². The Morgan fingerprint density at radius 3 is 2.85 bits per heavy atom. The minimum absolute atomic E-state index is 0.118. The SMILES string of the molecule is O=C1CCCN1CCCC(=O)N1CCc2[nH]cnc2[C@H]1c1ccncc1. The van der Waals surface area contributed by atoms with Crippen molar-refractivity contribution < 1.29 is 9.59 Å². The second-order valence-electron chi connectivity index (χ2n) is 6.87. The normalized spacial score (nSPS) is 19.7. The van der Waals surface area contributed by atoms with Crippen LogP contribution in [0.3, 0.4) is 0 Å². The van der Waals surface area contributed by atoms with Gasteiger partial charge in [0.05, 0.1) is 12.0 Å². The monoisotopic (exact) mass is 353 g/mol. The number of nitrogens with zero attached hydrogens (tertiary/aromatic N) is 4. The molecule has 2 amide bonds. The lowest BCUT2D eigenvalue weighted by Crippen LogP contribution is -2.41. The number of rotatable bonds is 5. The van der Waals surface area contributed by atoms with Crippen LogP contribution in [0.25, 0.3) is 0 Å². The molecule has 2 aromatic heterocycles. The van der Waals surface area contributed by atoms with Gasteiger partial charge in [0, 0.05) is 57.0 Å². The van der Waals surface area contributed by atoms with Crippen molar-refractivity contribution in [2.24, 2.45) is 0 Å². The second-order valence-corrected chi connectivity index (χ2v) is 6.87.